The van der Waals surface area contributed by atoms with E-state index in [-0.39, 0.29) is 0 Å². The summed E-state index contributed by atoms with van der Waals surface area (Å²) < 4.78 is 3.17. The summed E-state index contributed by atoms with van der Waals surface area (Å²) in [5.74, 6) is 0. The third-order valence-electron chi connectivity index (χ3n) is 2.87. The van der Waals surface area contributed by atoms with Crippen LogP contribution in [0.2, 0.25) is 0 Å². The van der Waals surface area contributed by atoms with Crippen LogP contribution in [0.25, 0.3) is 5.65 Å². The second kappa shape index (κ2) is 5.40. The number of hydrogen-bond donors (Lipinski definition) is 0. The first-order valence-electron chi connectivity index (χ1n) is 5.91. The van der Waals surface area contributed by atoms with Gasteiger partial charge in [0.25, 0.3) is 0 Å². The minimum atomic E-state index is 0.844. The van der Waals surface area contributed by atoms with Crippen LogP contribution >= 0.6 is 27.3 Å². The molecule has 6 heteroatoms. The van der Waals surface area contributed by atoms with E-state index >= 15 is 0 Å². The van der Waals surface area contributed by atoms with Crippen LogP contribution in [0.15, 0.2) is 40.6 Å². The average molecular weight is 337 g/mol. The molecule has 3 rings (SSSR count). The average Bonchev–Trinajstić information content (AvgIpc) is 3.00. The van der Waals surface area contributed by atoms with Crippen LogP contribution < -0.4 is 0 Å². The molecule has 0 spiro atoms. The lowest BCUT2D eigenvalue weighted by atomic mass is 10.4. The van der Waals surface area contributed by atoms with Gasteiger partial charge in [-0.25, -0.2) is 9.97 Å². The van der Waals surface area contributed by atoms with Crippen molar-refractivity contribution < 1.29 is 0 Å². The highest BCUT2D eigenvalue weighted by Crippen LogP contribution is 2.15. The minimum Gasteiger partial charge on any atom is -0.302 e. The molecule has 0 unspecified atom stereocenters. The Bertz CT molecular complexity index is 677. The van der Waals surface area contributed by atoms with E-state index in [0.717, 1.165) is 28.2 Å². The molecule has 0 amide bonds. The Morgan fingerprint density at radius 3 is 3.00 bits per heavy atom. The molecule has 3 aromatic heterocycles. The summed E-state index contributed by atoms with van der Waals surface area (Å²) in [5.41, 5.74) is 2.15. The van der Waals surface area contributed by atoms with Crippen LogP contribution in [-0.4, -0.2) is 26.3 Å². The van der Waals surface area contributed by atoms with E-state index in [9.17, 15) is 0 Å². The number of aromatic nitrogens is 3. The second-order valence-electron chi connectivity index (χ2n) is 4.42. The molecule has 0 atom stereocenters. The zero-order valence-corrected chi connectivity index (χ0v) is 12.9. The van der Waals surface area contributed by atoms with Gasteiger partial charge in [0, 0.05) is 28.8 Å². The standard InChI is InChI=1S/C13H13BrN4S/c1-17(9-13-15-4-5-19-13)8-11-6-16-12-3-2-10(14)7-18(11)12/h2-7H,8-9H2,1H3. The van der Waals surface area contributed by atoms with Gasteiger partial charge in [0.2, 0.25) is 0 Å². The number of imidazole rings is 1. The number of pyridine rings is 1. The van der Waals surface area contributed by atoms with Crippen LogP contribution in [0.1, 0.15) is 10.7 Å². The van der Waals surface area contributed by atoms with Crippen molar-refractivity contribution in [2.24, 2.45) is 0 Å². The molecule has 0 aliphatic heterocycles. The molecule has 0 fully saturated rings. The zero-order chi connectivity index (χ0) is 13.2. The SMILES string of the molecule is CN(Cc1nccs1)Cc1cnc2ccc(Br)cn12. The lowest BCUT2D eigenvalue weighted by Gasteiger charge is -2.14. The van der Waals surface area contributed by atoms with Gasteiger partial charge in [-0.1, -0.05) is 0 Å². The minimum absolute atomic E-state index is 0.844. The number of fused-ring (bicyclic) bond motifs is 1. The van der Waals surface area contributed by atoms with Gasteiger partial charge in [0.05, 0.1) is 18.4 Å². The summed E-state index contributed by atoms with van der Waals surface area (Å²) in [6.07, 6.45) is 5.83. The third-order valence-corrected chi connectivity index (χ3v) is 4.10. The monoisotopic (exact) mass is 336 g/mol. The highest BCUT2D eigenvalue weighted by Gasteiger charge is 2.08. The molecule has 0 saturated carbocycles. The summed E-state index contributed by atoms with van der Waals surface area (Å²) >= 11 is 5.18. The Labute approximate surface area is 123 Å². The van der Waals surface area contributed by atoms with Crippen LogP contribution in [-0.2, 0) is 13.1 Å². The number of thiazole rings is 1. The van der Waals surface area contributed by atoms with Crippen molar-refractivity contribution in [3.63, 3.8) is 0 Å². The Kier molecular flexibility index (Phi) is 3.63. The van der Waals surface area contributed by atoms with Crippen molar-refractivity contribution in [3.05, 3.63) is 51.3 Å². The quantitative estimate of drug-likeness (QED) is 0.733. The van der Waals surface area contributed by atoms with E-state index in [0.29, 0.717) is 0 Å². The van der Waals surface area contributed by atoms with E-state index in [1.807, 2.05) is 29.9 Å². The topological polar surface area (TPSA) is 33.4 Å². The molecule has 19 heavy (non-hydrogen) atoms. The van der Waals surface area contributed by atoms with Gasteiger partial charge in [-0.2, -0.15) is 0 Å². The van der Waals surface area contributed by atoms with Gasteiger partial charge in [0.15, 0.2) is 0 Å². The molecule has 0 aliphatic carbocycles. The van der Waals surface area contributed by atoms with Crippen LogP contribution in [0.4, 0.5) is 0 Å². The smallest absolute Gasteiger partial charge is 0.136 e. The molecule has 4 nitrogen and oxygen atoms in total. The van der Waals surface area contributed by atoms with Gasteiger partial charge >= 0.3 is 0 Å². The molecule has 0 N–H and O–H groups in total. The Balaban J connectivity index is 1.79. The normalized spacial score (nSPS) is 11.5. The van der Waals surface area contributed by atoms with Crippen molar-refractivity contribution in [2.45, 2.75) is 13.1 Å². The van der Waals surface area contributed by atoms with Gasteiger partial charge < -0.3 is 4.40 Å². The molecule has 0 radical (unpaired) electrons. The lowest BCUT2D eigenvalue weighted by molar-refractivity contribution is 0.313. The highest BCUT2D eigenvalue weighted by molar-refractivity contribution is 9.10. The second-order valence-corrected chi connectivity index (χ2v) is 6.32. The fraction of sp³-hybridized carbons (Fsp3) is 0.231. The fourth-order valence-corrected chi connectivity index (χ4v) is 3.05. The van der Waals surface area contributed by atoms with E-state index < -0.39 is 0 Å². The lowest BCUT2D eigenvalue weighted by Crippen LogP contribution is -2.18. The molecule has 0 bridgehead atoms. The van der Waals surface area contributed by atoms with Crippen LogP contribution in [0.3, 0.4) is 0 Å². The summed E-state index contributed by atoms with van der Waals surface area (Å²) in [6, 6.07) is 4.01. The van der Waals surface area contributed by atoms with E-state index in [2.05, 4.69) is 48.4 Å². The zero-order valence-electron chi connectivity index (χ0n) is 10.5. The van der Waals surface area contributed by atoms with Crippen molar-refractivity contribution in [1.82, 2.24) is 19.3 Å². The third kappa shape index (κ3) is 2.86. The van der Waals surface area contributed by atoms with Crippen molar-refractivity contribution in [3.8, 4) is 0 Å². The molecule has 0 saturated heterocycles. The molecular formula is C13H13BrN4S. The van der Waals surface area contributed by atoms with Crippen molar-refractivity contribution in [2.75, 3.05) is 7.05 Å². The van der Waals surface area contributed by atoms with Crippen molar-refractivity contribution >= 4 is 32.9 Å². The van der Waals surface area contributed by atoms with Crippen LogP contribution in [0, 0.1) is 0 Å². The van der Waals surface area contributed by atoms with Crippen LogP contribution in [0.5, 0.6) is 0 Å². The number of halogens is 1. The van der Waals surface area contributed by atoms with Gasteiger partial charge in [-0.05, 0) is 35.1 Å². The first kappa shape index (κ1) is 12.8. The Morgan fingerprint density at radius 1 is 1.32 bits per heavy atom. The van der Waals surface area contributed by atoms with Gasteiger partial charge in [-0.3, -0.25) is 4.90 Å². The summed E-state index contributed by atoms with van der Waals surface area (Å²) in [6.45, 7) is 1.70. The number of rotatable bonds is 4. The highest BCUT2D eigenvalue weighted by atomic mass is 79.9. The summed E-state index contributed by atoms with van der Waals surface area (Å²) in [5, 5.41) is 3.15. The largest absolute Gasteiger partial charge is 0.302 e. The van der Waals surface area contributed by atoms with Gasteiger partial charge in [0.1, 0.15) is 10.7 Å². The molecule has 98 valence electrons. The van der Waals surface area contributed by atoms with E-state index in [4.69, 9.17) is 0 Å². The van der Waals surface area contributed by atoms with Gasteiger partial charge in [-0.15, -0.1) is 11.3 Å². The molecule has 3 aromatic rings. The fourth-order valence-electron chi connectivity index (χ4n) is 2.02. The summed E-state index contributed by atoms with van der Waals surface area (Å²) in [7, 11) is 2.10. The molecule has 0 aromatic carbocycles. The number of nitrogens with zero attached hydrogens (tertiary/aromatic N) is 4. The van der Waals surface area contributed by atoms with Crippen molar-refractivity contribution in [1.29, 1.82) is 0 Å². The molecule has 3 heterocycles. The maximum absolute atomic E-state index is 4.41. The molecule has 0 aliphatic rings. The Hall–Kier alpha value is -1.24. The maximum Gasteiger partial charge on any atom is 0.136 e. The predicted molar refractivity (Wildman–Crippen MR) is 80.2 cm³/mol. The van der Waals surface area contributed by atoms with E-state index in [1.165, 1.54) is 5.69 Å². The Morgan fingerprint density at radius 2 is 2.21 bits per heavy atom. The first-order valence-corrected chi connectivity index (χ1v) is 7.58. The maximum atomic E-state index is 4.41. The summed E-state index contributed by atoms with van der Waals surface area (Å²) in [4.78, 5) is 11.0. The van der Waals surface area contributed by atoms with E-state index in [1.54, 1.807) is 11.3 Å². The number of hydrogen-bond acceptors (Lipinski definition) is 4. The molecular weight excluding hydrogens is 324 g/mol. The first-order chi connectivity index (χ1) is 9.22. The predicted octanol–water partition coefficient (Wildman–Crippen LogP) is 3.19.